The summed E-state index contributed by atoms with van der Waals surface area (Å²) in [6, 6.07) is 4.96. The number of likely N-dealkylation sites (tertiary alicyclic amines) is 1. The predicted octanol–water partition coefficient (Wildman–Crippen LogP) is 3.59. The van der Waals surface area contributed by atoms with E-state index in [0.29, 0.717) is 29.9 Å². The van der Waals surface area contributed by atoms with Crippen molar-refractivity contribution >= 4 is 44.6 Å². The third-order valence-electron chi connectivity index (χ3n) is 9.61. The van der Waals surface area contributed by atoms with E-state index in [4.69, 9.17) is 14.2 Å². The van der Waals surface area contributed by atoms with E-state index >= 15 is 0 Å². The molecule has 2 aliphatic carbocycles. The minimum atomic E-state index is -3.93. The molecule has 0 bridgehead atoms. The van der Waals surface area contributed by atoms with Crippen LogP contribution < -0.4 is 24.8 Å². The molecule has 0 radical (unpaired) electrons. The van der Waals surface area contributed by atoms with E-state index in [2.05, 4.69) is 26.9 Å². The van der Waals surface area contributed by atoms with Gasteiger partial charge in [0.2, 0.25) is 27.7 Å². The van der Waals surface area contributed by atoms with Crippen molar-refractivity contribution in [3.8, 4) is 11.6 Å². The number of carbonyl (C=O) groups excluding carboxylic acids is 4. The molecule has 0 spiro atoms. The van der Waals surface area contributed by atoms with Gasteiger partial charge >= 0.3 is 6.09 Å². The summed E-state index contributed by atoms with van der Waals surface area (Å²) in [4.78, 5) is 60.9. The van der Waals surface area contributed by atoms with E-state index < -0.39 is 79.7 Å². The number of carbonyl (C=O) groups is 4. The second kappa shape index (κ2) is 14.0. The average molecular weight is 728 g/mol. The largest absolute Gasteiger partial charge is 0.497 e. The number of nitrogens with zero attached hydrogens (tertiary/aromatic N) is 2. The van der Waals surface area contributed by atoms with E-state index in [1.807, 2.05) is 18.2 Å². The maximum absolute atomic E-state index is 14.4. The fourth-order valence-corrected chi connectivity index (χ4v) is 8.00. The number of benzene rings is 1. The van der Waals surface area contributed by atoms with E-state index in [9.17, 15) is 27.6 Å². The Kier molecular flexibility index (Phi) is 10.4. The highest BCUT2D eigenvalue weighted by atomic mass is 32.2. The van der Waals surface area contributed by atoms with Crippen LogP contribution in [0.25, 0.3) is 10.8 Å². The zero-order valence-electron chi connectivity index (χ0n) is 30.3. The molecule has 1 saturated heterocycles. The first-order valence-corrected chi connectivity index (χ1v) is 18.7. The fraction of sp³-hybridized carbons (Fsp3) is 0.583. The van der Waals surface area contributed by atoms with Crippen LogP contribution in [0.15, 0.2) is 43.1 Å². The van der Waals surface area contributed by atoms with Crippen molar-refractivity contribution in [2.24, 2.45) is 11.3 Å². The normalized spacial score (nSPS) is 24.1. The molecule has 2 saturated carbocycles. The molecule has 0 unspecified atom stereocenters. The molecule has 15 heteroatoms. The molecule has 278 valence electrons. The summed E-state index contributed by atoms with van der Waals surface area (Å²) in [5.74, 6) is -1.66. The zero-order valence-corrected chi connectivity index (χ0v) is 31.1. The zero-order chi connectivity index (χ0) is 37.5. The lowest BCUT2D eigenvalue weighted by Crippen LogP contribution is -2.60. The van der Waals surface area contributed by atoms with Crippen LogP contribution in [-0.2, 0) is 29.1 Å². The van der Waals surface area contributed by atoms with Crippen LogP contribution in [0.5, 0.6) is 11.6 Å². The number of aromatic nitrogens is 1. The van der Waals surface area contributed by atoms with Crippen molar-refractivity contribution < 1.29 is 41.8 Å². The molecule has 14 nitrogen and oxygen atoms in total. The van der Waals surface area contributed by atoms with Crippen molar-refractivity contribution in [3.63, 3.8) is 0 Å². The Labute approximate surface area is 299 Å². The van der Waals surface area contributed by atoms with Gasteiger partial charge in [0.15, 0.2) is 0 Å². The number of amides is 4. The smallest absolute Gasteiger partial charge is 0.408 e. The van der Waals surface area contributed by atoms with Crippen LogP contribution in [-0.4, -0.2) is 90.3 Å². The standard InChI is InChI=1S/C36H49N5O9S/c1-9-22-19-36(22,32(44)40-51(46,47)25-11-10-12-25)39-29(42)27-18-24(49-30-26-14-13-23(48-8)17-21(26)15-16-37-30)20-41(27)31(43)28(34(2,3)4)38-33(45)50-35(5,6)7/h9,13-17,22,24-25,27-28H,1,10-12,18-20H2,2-8H3,(H,38,45)(H,39,42)(H,40,44)/t22-,24-,27+,28-,36-/m1/s1. The molecule has 2 aromatic rings. The van der Waals surface area contributed by atoms with E-state index in [-0.39, 0.29) is 19.4 Å². The highest BCUT2D eigenvalue weighted by Gasteiger charge is 2.62. The van der Waals surface area contributed by atoms with Gasteiger partial charge < -0.3 is 29.7 Å². The maximum Gasteiger partial charge on any atom is 0.408 e. The van der Waals surface area contributed by atoms with Crippen LogP contribution in [0.1, 0.15) is 73.6 Å². The Hall–Kier alpha value is -4.40. The first-order chi connectivity index (χ1) is 23.8. The molecule has 1 aliphatic heterocycles. The van der Waals surface area contributed by atoms with Gasteiger partial charge in [0.05, 0.1) is 18.9 Å². The predicted molar refractivity (Wildman–Crippen MR) is 189 cm³/mol. The molecule has 2 heterocycles. The van der Waals surface area contributed by atoms with Gasteiger partial charge in [0.25, 0.3) is 5.91 Å². The molecule has 1 aromatic heterocycles. The number of fused-ring (bicyclic) bond motifs is 1. The number of hydrogen-bond acceptors (Lipinski definition) is 10. The lowest BCUT2D eigenvalue weighted by molar-refractivity contribution is -0.143. The number of nitrogens with one attached hydrogen (secondary N) is 3. The van der Waals surface area contributed by atoms with Crippen molar-refractivity contribution in [1.82, 2.24) is 25.2 Å². The summed E-state index contributed by atoms with van der Waals surface area (Å²) in [5.41, 5.74) is -3.20. The second-order valence-electron chi connectivity index (χ2n) is 15.7. The van der Waals surface area contributed by atoms with Crippen LogP contribution in [0.3, 0.4) is 0 Å². The Morgan fingerprint density at radius 1 is 1.10 bits per heavy atom. The summed E-state index contributed by atoms with van der Waals surface area (Å²) in [5, 5.41) is 6.33. The quantitative estimate of drug-likeness (QED) is 0.290. The van der Waals surface area contributed by atoms with Gasteiger partial charge in [0.1, 0.15) is 35.1 Å². The molecular weight excluding hydrogens is 678 g/mol. The molecule has 3 fully saturated rings. The summed E-state index contributed by atoms with van der Waals surface area (Å²) >= 11 is 0. The van der Waals surface area contributed by atoms with Gasteiger partial charge in [-0.1, -0.05) is 33.3 Å². The minimum Gasteiger partial charge on any atom is -0.497 e. The van der Waals surface area contributed by atoms with Crippen LogP contribution in [0.2, 0.25) is 0 Å². The second-order valence-corrected chi connectivity index (χ2v) is 17.6. The average Bonchev–Trinajstić information content (AvgIpc) is 3.55. The van der Waals surface area contributed by atoms with Gasteiger partial charge in [-0.25, -0.2) is 18.2 Å². The third kappa shape index (κ3) is 8.23. The van der Waals surface area contributed by atoms with Crippen molar-refractivity contribution in [1.29, 1.82) is 0 Å². The highest BCUT2D eigenvalue weighted by Crippen LogP contribution is 2.45. The van der Waals surface area contributed by atoms with E-state index in [0.717, 1.165) is 11.8 Å². The van der Waals surface area contributed by atoms with Gasteiger partial charge in [-0.3, -0.25) is 19.1 Å². The SMILES string of the molecule is C=C[C@@H]1C[C@]1(NC(=O)[C@@H]1C[C@@H](Oc2nccc3cc(OC)ccc23)CN1C(=O)[C@@H](NC(=O)OC(C)(C)C)C(C)(C)C)C(=O)NS(=O)(=O)C1CCC1. The van der Waals surface area contributed by atoms with Crippen LogP contribution in [0, 0.1) is 11.3 Å². The summed E-state index contributed by atoms with van der Waals surface area (Å²) in [6.07, 6.45) is 3.40. The Bertz CT molecular complexity index is 1810. The Balaban J connectivity index is 1.44. The number of alkyl carbamates (subject to hydrolysis) is 1. The Morgan fingerprint density at radius 2 is 1.80 bits per heavy atom. The number of sulfonamides is 1. The highest BCUT2D eigenvalue weighted by molar-refractivity contribution is 7.90. The summed E-state index contributed by atoms with van der Waals surface area (Å²) in [6.45, 7) is 14.2. The lowest BCUT2D eigenvalue weighted by atomic mass is 9.85. The van der Waals surface area contributed by atoms with Gasteiger partial charge in [-0.15, -0.1) is 6.58 Å². The molecule has 51 heavy (non-hydrogen) atoms. The summed E-state index contributed by atoms with van der Waals surface area (Å²) < 4.78 is 45.1. The van der Waals surface area contributed by atoms with E-state index in [1.54, 1.807) is 60.9 Å². The Morgan fingerprint density at radius 3 is 2.37 bits per heavy atom. The molecule has 5 rings (SSSR count). The van der Waals surface area contributed by atoms with E-state index in [1.165, 1.54) is 11.0 Å². The number of pyridine rings is 1. The van der Waals surface area contributed by atoms with Gasteiger partial charge in [0, 0.05) is 23.9 Å². The minimum absolute atomic E-state index is 0.0198. The summed E-state index contributed by atoms with van der Waals surface area (Å²) in [7, 11) is -2.36. The van der Waals surface area contributed by atoms with Crippen LogP contribution in [0.4, 0.5) is 4.79 Å². The van der Waals surface area contributed by atoms with Gasteiger partial charge in [-0.05, 0) is 75.1 Å². The van der Waals surface area contributed by atoms with Crippen LogP contribution >= 0.6 is 0 Å². The molecular formula is C36H49N5O9S. The van der Waals surface area contributed by atoms with Gasteiger partial charge in [-0.2, -0.15) is 0 Å². The molecule has 5 atom stereocenters. The lowest BCUT2D eigenvalue weighted by Gasteiger charge is -2.36. The number of hydrogen-bond donors (Lipinski definition) is 3. The topological polar surface area (TPSA) is 182 Å². The van der Waals surface area contributed by atoms with Crippen molar-refractivity contribution in [2.45, 2.75) is 108 Å². The molecule has 1 aromatic carbocycles. The first kappa shape index (κ1) is 37.8. The third-order valence-corrected chi connectivity index (χ3v) is 11.4. The molecule has 3 N–H and O–H groups in total. The molecule has 4 amide bonds. The molecule has 3 aliphatic rings. The maximum atomic E-state index is 14.4. The first-order valence-electron chi connectivity index (χ1n) is 17.2. The fourth-order valence-electron chi connectivity index (χ4n) is 6.44. The van der Waals surface area contributed by atoms with Crippen molar-refractivity contribution in [3.05, 3.63) is 43.1 Å². The number of rotatable bonds is 11. The number of methoxy groups -OCH3 is 1. The number of ether oxygens (including phenoxy) is 3. The monoisotopic (exact) mass is 727 g/mol. The van der Waals surface area contributed by atoms with Crippen molar-refractivity contribution in [2.75, 3.05) is 13.7 Å².